The Kier molecular flexibility index (Phi) is 6.62. The van der Waals surface area contributed by atoms with Gasteiger partial charge >= 0.3 is 6.09 Å². The topological polar surface area (TPSA) is 67.9 Å². The molecule has 19 heavy (non-hydrogen) atoms. The number of hydrogen-bond donors (Lipinski definition) is 1. The summed E-state index contributed by atoms with van der Waals surface area (Å²) in [6, 6.07) is -0.380. The largest absolute Gasteiger partial charge is 0.444 e. The molecule has 2 aliphatic rings. The molecule has 0 aromatic carbocycles. The van der Waals surface area contributed by atoms with Crippen molar-refractivity contribution < 1.29 is 19.1 Å². The third-order valence-electron chi connectivity index (χ3n) is 3.19. The summed E-state index contributed by atoms with van der Waals surface area (Å²) in [5, 5.41) is 2.57. The minimum absolute atomic E-state index is 0.123. The van der Waals surface area contributed by atoms with Crippen molar-refractivity contribution in [3.8, 4) is 0 Å². The third kappa shape index (κ3) is 4.09. The smallest absolute Gasteiger partial charge is 0.410 e. The van der Waals surface area contributed by atoms with Gasteiger partial charge < -0.3 is 14.8 Å². The van der Waals surface area contributed by atoms with Crippen LogP contribution in [-0.2, 0) is 14.3 Å². The number of likely N-dealkylation sites (N-methyl/N-ethyl adjacent to an activating group) is 1. The Hall–Kier alpha value is -1.30. The van der Waals surface area contributed by atoms with Gasteiger partial charge in [0.15, 0.2) is 0 Å². The molecule has 0 aromatic heterocycles. The molecule has 2 atom stereocenters. The molecule has 2 aliphatic heterocycles. The number of carbonyl (C=O) groups excluding carboxylic acids is 2. The van der Waals surface area contributed by atoms with Crippen molar-refractivity contribution in [2.75, 3.05) is 26.8 Å². The van der Waals surface area contributed by atoms with Gasteiger partial charge in [-0.15, -0.1) is 0 Å². The van der Waals surface area contributed by atoms with Crippen LogP contribution in [0.2, 0.25) is 0 Å². The van der Waals surface area contributed by atoms with Crippen LogP contribution in [0.5, 0.6) is 0 Å². The quantitative estimate of drug-likeness (QED) is 0.818. The fourth-order valence-corrected chi connectivity index (χ4v) is 2.24. The minimum Gasteiger partial charge on any atom is -0.444 e. The summed E-state index contributed by atoms with van der Waals surface area (Å²) in [7, 11) is 1.58. The van der Waals surface area contributed by atoms with Crippen LogP contribution in [0.1, 0.15) is 33.1 Å². The molecule has 1 N–H and O–H groups in total. The lowest BCUT2D eigenvalue weighted by molar-refractivity contribution is -0.124. The number of ether oxygens (including phenoxy) is 2. The monoisotopic (exact) mass is 272 g/mol. The van der Waals surface area contributed by atoms with E-state index in [1.54, 1.807) is 7.05 Å². The Balaban J connectivity index is 0.000000861. The van der Waals surface area contributed by atoms with Gasteiger partial charge in [-0.2, -0.15) is 0 Å². The molecule has 2 unspecified atom stereocenters. The number of nitrogens with zero attached hydrogens (tertiary/aromatic N) is 1. The van der Waals surface area contributed by atoms with Gasteiger partial charge in [-0.1, -0.05) is 13.8 Å². The highest BCUT2D eigenvalue weighted by Crippen LogP contribution is 2.20. The molecule has 0 radical (unpaired) electrons. The molecule has 0 saturated carbocycles. The van der Waals surface area contributed by atoms with E-state index < -0.39 is 6.09 Å². The number of hydrogen-bond acceptors (Lipinski definition) is 4. The van der Waals surface area contributed by atoms with Crippen LogP contribution in [0.15, 0.2) is 0 Å². The lowest BCUT2D eigenvalue weighted by atomic mass is 10.2. The first-order valence-electron chi connectivity index (χ1n) is 6.99. The molecule has 0 bridgehead atoms. The maximum atomic E-state index is 11.9. The number of likely N-dealkylation sites (tertiary alicyclic amines) is 1. The maximum Gasteiger partial charge on any atom is 0.410 e. The summed E-state index contributed by atoms with van der Waals surface area (Å²) in [6.45, 7) is 5.69. The molecule has 110 valence electrons. The minimum atomic E-state index is -0.397. The van der Waals surface area contributed by atoms with E-state index in [2.05, 4.69) is 5.32 Å². The van der Waals surface area contributed by atoms with E-state index in [4.69, 9.17) is 9.47 Å². The van der Waals surface area contributed by atoms with Gasteiger partial charge in [0.25, 0.3) is 0 Å². The van der Waals surface area contributed by atoms with Gasteiger partial charge in [-0.05, 0) is 12.8 Å². The van der Waals surface area contributed by atoms with Gasteiger partial charge in [0.1, 0.15) is 12.1 Å². The molecule has 6 nitrogen and oxygen atoms in total. The van der Waals surface area contributed by atoms with Crippen molar-refractivity contribution in [2.45, 2.75) is 45.3 Å². The van der Waals surface area contributed by atoms with Gasteiger partial charge in [0, 0.05) is 20.0 Å². The fraction of sp³-hybridized carbons (Fsp3) is 0.846. The second-order valence-corrected chi connectivity index (χ2v) is 4.34. The maximum absolute atomic E-state index is 11.9. The zero-order valence-corrected chi connectivity index (χ0v) is 12.0. The Morgan fingerprint density at radius 1 is 1.32 bits per heavy atom. The van der Waals surface area contributed by atoms with Crippen molar-refractivity contribution in [3.63, 3.8) is 0 Å². The predicted octanol–water partition coefficient (Wildman–Crippen LogP) is 1.15. The third-order valence-corrected chi connectivity index (χ3v) is 3.19. The summed E-state index contributed by atoms with van der Waals surface area (Å²) in [4.78, 5) is 25.0. The van der Waals surface area contributed by atoms with Gasteiger partial charge in [-0.3, -0.25) is 9.69 Å². The van der Waals surface area contributed by atoms with Crippen LogP contribution in [0.4, 0.5) is 4.79 Å². The molecule has 0 aliphatic carbocycles. The SMILES string of the molecule is CC.CNC(=O)C1CCCN1C(=O)OC1CCOC1. The highest BCUT2D eigenvalue weighted by Gasteiger charge is 2.35. The van der Waals surface area contributed by atoms with Crippen LogP contribution >= 0.6 is 0 Å². The van der Waals surface area contributed by atoms with Crippen LogP contribution in [0.25, 0.3) is 0 Å². The first kappa shape index (κ1) is 15.8. The van der Waals surface area contributed by atoms with Crippen LogP contribution in [-0.4, -0.2) is 55.9 Å². The summed E-state index contributed by atoms with van der Waals surface area (Å²) < 4.78 is 10.4. The average Bonchev–Trinajstić information content (AvgIpc) is 3.10. The second-order valence-electron chi connectivity index (χ2n) is 4.34. The Labute approximate surface area is 114 Å². The van der Waals surface area contributed by atoms with E-state index in [-0.39, 0.29) is 18.1 Å². The molecule has 2 heterocycles. The molecular formula is C13H24N2O4. The van der Waals surface area contributed by atoms with E-state index >= 15 is 0 Å². The Morgan fingerprint density at radius 3 is 2.63 bits per heavy atom. The van der Waals surface area contributed by atoms with Crippen LogP contribution in [0, 0.1) is 0 Å². The summed E-state index contributed by atoms with van der Waals surface area (Å²) in [5.41, 5.74) is 0. The molecular weight excluding hydrogens is 248 g/mol. The van der Waals surface area contributed by atoms with E-state index in [0.717, 1.165) is 12.8 Å². The van der Waals surface area contributed by atoms with Gasteiger partial charge in [0.2, 0.25) is 5.91 Å². The van der Waals surface area contributed by atoms with Gasteiger partial charge in [-0.25, -0.2) is 4.79 Å². The van der Waals surface area contributed by atoms with E-state index in [1.807, 2.05) is 13.8 Å². The van der Waals surface area contributed by atoms with Gasteiger partial charge in [0.05, 0.1) is 13.2 Å². The number of carbonyl (C=O) groups is 2. The van der Waals surface area contributed by atoms with Crippen molar-refractivity contribution in [2.24, 2.45) is 0 Å². The van der Waals surface area contributed by atoms with Crippen LogP contribution < -0.4 is 5.32 Å². The van der Waals surface area contributed by atoms with Crippen molar-refractivity contribution in [1.29, 1.82) is 0 Å². The van der Waals surface area contributed by atoms with Crippen molar-refractivity contribution >= 4 is 12.0 Å². The zero-order valence-electron chi connectivity index (χ0n) is 12.0. The number of rotatable bonds is 2. The molecule has 2 fully saturated rings. The molecule has 0 aromatic rings. The first-order valence-corrected chi connectivity index (χ1v) is 6.99. The Bertz CT molecular complexity index is 303. The standard InChI is InChI=1S/C11H18N2O4.C2H6/c1-12-10(14)9-3-2-5-13(9)11(15)17-8-4-6-16-7-8;1-2/h8-9H,2-7H2,1H3,(H,12,14);1-2H3. The zero-order chi connectivity index (χ0) is 14.3. The molecule has 2 saturated heterocycles. The normalized spacial score (nSPS) is 25.5. The predicted molar refractivity (Wildman–Crippen MR) is 70.8 cm³/mol. The number of amides is 2. The summed E-state index contributed by atoms with van der Waals surface area (Å²) in [6.07, 6.45) is 1.73. The second kappa shape index (κ2) is 7.99. The molecule has 2 rings (SSSR count). The lowest BCUT2D eigenvalue weighted by Gasteiger charge is -2.24. The van der Waals surface area contributed by atoms with E-state index in [1.165, 1.54) is 4.90 Å². The molecule has 6 heteroatoms. The van der Waals surface area contributed by atoms with Crippen molar-refractivity contribution in [1.82, 2.24) is 10.2 Å². The number of nitrogens with one attached hydrogen (secondary N) is 1. The Morgan fingerprint density at radius 2 is 2.05 bits per heavy atom. The first-order chi connectivity index (χ1) is 9.22. The molecule has 2 amide bonds. The van der Waals surface area contributed by atoms with E-state index in [0.29, 0.717) is 26.2 Å². The average molecular weight is 272 g/mol. The molecule has 0 spiro atoms. The summed E-state index contributed by atoms with van der Waals surface area (Å²) in [5.74, 6) is -0.123. The van der Waals surface area contributed by atoms with E-state index in [9.17, 15) is 9.59 Å². The fourth-order valence-electron chi connectivity index (χ4n) is 2.24. The highest BCUT2D eigenvalue weighted by molar-refractivity contribution is 5.86. The van der Waals surface area contributed by atoms with Crippen LogP contribution in [0.3, 0.4) is 0 Å². The van der Waals surface area contributed by atoms with Crippen molar-refractivity contribution in [3.05, 3.63) is 0 Å². The summed E-state index contributed by atoms with van der Waals surface area (Å²) >= 11 is 0. The lowest BCUT2D eigenvalue weighted by Crippen LogP contribution is -2.46. The highest BCUT2D eigenvalue weighted by atomic mass is 16.6.